The number of amides is 1. The molecule has 4 rings (SSSR count). The van der Waals surface area contributed by atoms with E-state index in [2.05, 4.69) is 6.92 Å². The maximum Gasteiger partial charge on any atom is 0.306 e. The number of aliphatic hydroxyl groups is 2. The number of nitrogens with two attached hydrogens (primary N) is 1. The van der Waals surface area contributed by atoms with Crippen LogP contribution >= 0.6 is 0 Å². The number of ketones is 2. The van der Waals surface area contributed by atoms with Crippen LogP contribution in [-0.2, 0) is 23.9 Å². The number of allylic oxidation sites excluding steroid dienone is 1. The number of ether oxygens (including phenoxy) is 1. The maximum atomic E-state index is 13.1. The van der Waals surface area contributed by atoms with Crippen molar-refractivity contribution in [3.63, 3.8) is 0 Å². The predicted octanol–water partition coefficient (Wildman–Crippen LogP) is 1.60. The first-order valence-electron chi connectivity index (χ1n) is 12.0. The van der Waals surface area contributed by atoms with Crippen molar-refractivity contribution in [3.05, 3.63) is 11.6 Å². The molecule has 33 heavy (non-hydrogen) atoms. The molecular formula is C25H35NO7. The largest absolute Gasteiger partial charge is 0.458 e. The number of hydrogen-bond acceptors (Lipinski definition) is 7. The number of rotatable bonds is 6. The van der Waals surface area contributed by atoms with Gasteiger partial charge in [0.15, 0.2) is 12.4 Å². The zero-order valence-corrected chi connectivity index (χ0v) is 19.5. The standard InChI is InChI=1S/C25H35NO7/c1-23-9-7-15(27)11-14(23)3-4-16-17-8-10-25(32,24(17,2)12-18(28)22(16)23)19(29)13-33-21(31)6-5-20(26)30/h11,16-18,22,28,32H,3-10,12-13H2,1-2H3,(H2,26,30)/t16-,17-,18-,22+,23-,24-,25-/m0/s1. The van der Waals surface area contributed by atoms with E-state index in [1.54, 1.807) is 6.08 Å². The Hall–Kier alpha value is -2.06. The minimum atomic E-state index is -1.69. The Morgan fingerprint density at radius 3 is 2.58 bits per heavy atom. The van der Waals surface area contributed by atoms with Gasteiger partial charge >= 0.3 is 5.97 Å². The topological polar surface area (TPSA) is 144 Å². The molecule has 0 unspecified atom stereocenters. The molecule has 0 aliphatic heterocycles. The van der Waals surface area contributed by atoms with E-state index in [0.29, 0.717) is 12.8 Å². The summed E-state index contributed by atoms with van der Waals surface area (Å²) in [6.45, 7) is 3.48. The molecule has 3 fully saturated rings. The third kappa shape index (κ3) is 3.75. The van der Waals surface area contributed by atoms with Crippen molar-refractivity contribution in [2.75, 3.05) is 6.61 Å². The van der Waals surface area contributed by atoms with E-state index in [9.17, 15) is 29.4 Å². The highest BCUT2D eigenvalue weighted by molar-refractivity contribution is 5.92. The SMILES string of the molecule is C[C@]12CCC(=O)C=C1CC[C@@H]1[C@@H]2[C@@H](O)C[C@@]2(C)[C@H]1CC[C@]2(O)C(=O)COC(=O)CCC(N)=O. The van der Waals surface area contributed by atoms with E-state index in [1.165, 1.54) is 0 Å². The van der Waals surface area contributed by atoms with Crippen LogP contribution in [0.4, 0.5) is 0 Å². The van der Waals surface area contributed by atoms with Gasteiger partial charge in [-0.3, -0.25) is 19.2 Å². The Kier molecular flexibility index (Phi) is 6.06. The monoisotopic (exact) mass is 461 g/mol. The van der Waals surface area contributed by atoms with Gasteiger partial charge in [0.2, 0.25) is 11.7 Å². The highest BCUT2D eigenvalue weighted by Gasteiger charge is 2.68. The molecule has 8 nitrogen and oxygen atoms in total. The molecule has 0 heterocycles. The number of fused-ring (bicyclic) bond motifs is 5. The fourth-order valence-corrected chi connectivity index (χ4v) is 7.71. The molecule has 4 aliphatic rings. The highest BCUT2D eigenvalue weighted by atomic mass is 16.5. The number of carbonyl (C=O) groups excluding carboxylic acids is 4. The molecule has 182 valence electrons. The van der Waals surface area contributed by atoms with Gasteiger partial charge in [0, 0.05) is 18.3 Å². The summed E-state index contributed by atoms with van der Waals surface area (Å²) in [5.74, 6) is -1.54. The van der Waals surface area contributed by atoms with Gasteiger partial charge in [-0.05, 0) is 67.8 Å². The molecule has 4 N–H and O–H groups in total. The lowest BCUT2D eigenvalue weighted by Gasteiger charge is -2.60. The summed E-state index contributed by atoms with van der Waals surface area (Å²) in [4.78, 5) is 47.8. The Morgan fingerprint density at radius 1 is 1.15 bits per heavy atom. The van der Waals surface area contributed by atoms with Crippen molar-refractivity contribution in [3.8, 4) is 0 Å². The predicted molar refractivity (Wildman–Crippen MR) is 117 cm³/mol. The van der Waals surface area contributed by atoms with E-state index in [0.717, 1.165) is 24.8 Å². The lowest BCUT2D eigenvalue weighted by atomic mass is 9.45. The first-order valence-corrected chi connectivity index (χ1v) is 12.0. The average Bonchev–Trinajstić information content (AvgIpc) is 3.02. The van der Waals surface area contributed by atoms with Gasteiger partial charge in [0.1, 0.15) is 5.60 Å². The lowest BCUT2D eigenvalue weighted by molar-refractivity contribution is -0.184. The summed E-state index contributed by atoms with van der Waals surface area (Å²) in [5, 5.41) is 23.0. The zero-order valence-electron chi connectivity index (χ0n) is 19.5. The smallest absolute Gasteiger partial charge is 0.306 e. The molecule has 0 radical (unpaired) electrons. The van der Waals surface area contributed by atoms with Crippen molar-refractivity contribution in [2.24, 2.45) is 34.3 Å². The van der Waals surface area contributed by atoms with Crippen molar-refractivity contribution in [1.82, 2.24) is 0 Å². The third-order valence-electron chi connectivity index (χ3n) is 9.45. The van der Waals surface area contributed by atoms with E-state index >= 15 is 0 Å². The molecule has 0 spiro atoms. The number of esters is 1. The lowest BCUT2D eigenvalue weighted by Crippen LogP contribution is -2.62. The van der Waals surface area contributed by atoms with E-state index in [4.69, 9.17) is 10.5 Å². The van der Waals surface area contributed by atoms with Crippen LogP contribution in [0.25, 0.3) is 0 Å². The molecule has 0 aromatic rings. The first-order chi connectivity index (χ1) is 15.4. The van der Waals surface area contributed by atoms with Gasteiger partial charge in [-0.1, -0.05) is 19.4 Å². The Labute approximate surface area is 193 Å². The molecule has 0 saturated heterocycles. The van der Waals surface area contributed by atoms with Gasteiger partial charge in [-0.15, -0.1) is 0 Å². The second-order valence-electron chi connectivity index (χ2n) is 11.0. The zero-order chi connectivity index (χ0) is 24.2. The molecule has 7 atom stereocenters. The van der Waals surface area contributed by atoms with Gasteiger partial charge in [0.05, 0.1) is 12.5 Å². The van der Waals surface area contributed by atoms with E-state index in [-0.39, 0.29) is 54.6 Å². The minimum Gasteiger partial charge on any atom is -0.458 e. The van der Waals surface area contributed by atoms with Crippen LogP contribution in [0.15, 0.2) is 11.6 Å². The normalized spacial score (nSPS) is 41.9. The van der Waals surface area contributed by atoms with Crippen LogP contribution < -0.4 is 5.73 Å². The fraction of sp³-hybridized carbons (Fsp3) is 0.760. The molecule has 8 heteroatoms. The van der Waals surface area contributed by atoms with Gasteiger partial charge in [-0.25, -0.2) is 0 Å². The minimum absolute atomic E-state index is 0.00671. The average molecular weight is 462 g/mol. The number of primary amides is 1. The van der Waals surface area contributed by atoms with Crippen LogP contribution in [0, 0.1) is 28.6 Å². The van der Waals surface area contributed by atoms with Gasteiger partial charge in [0.25, 0.3) is 0 Å². The Morgan fingerprint density at radius 2 is 1.88 bits per heavy atom. The van der Waals surface area contributed by atoms with E-state index in [1.807, 2.05) is 6.92 Å². The number of carbonyl (C=O) groups is 4. The quantitative estimate of drug-likeness (QED) is 0.510. The van der Waals surface area contributed by atoms with Crippen LogP contribution in [-0.4, -0.2) is 52.0 Å². The first kappa shape index (κ1) is 24.1. The summed E-state index contributed by atoms with van der Waals surface area (Å²) in [5.41, 5.74) is 3.42. The Bertz CT molecular complexity index is 912. The summed E-state index contributed by atoms with van der Waals surface area (Å²) in [7, 11) is 0. The molecule has 0 aromatic carbocycles. The maximum absolute atomic E-state index is 13.1. The van der Waals surface area contributed by atoms with Crippen molar-refractivity contribution < 1.29 is 34.1 Å². The molecule has 4 aliphatic carbocycles. The molecular weight excluding hydrogens is 426 g/mol. The summed E-state index contributed by atoms with van der Waals surface area (Å²) < 4.78 is 5.03. The summed E-state index contributed by atoms with van der Waals surface area (Å²) in [6.07, 6.45) is 4.76. The number of aliphatic hydroxyl groups excluding tert-OH is 1. The second kappa shape index (κ2) is 8.31. The van der Waals surface area contributed by atoms with Gasteiger partial charge < -0.3 is 20.7 Å². The molecule has 1 amide bonds. The van der Waals surface area contributed by atoms with Crippen molar-refractivity contribution in [1.29, 1.82) is 0 Å². The molecule has 3 saturated carbocycles. The summed E-state index contributed by atoms with van der Waals surface area (Å²) >= 11 is 0. The van der Waals surface area contributed by atoms with Crippen molar-refractivity contribution >= 4 is 23.4 Å². The second-order valence-corrected chi connectivity index (χ2v) is 11.0. The highest BCUT2D eigenvalue weighted by Crippen LogP contribution is 2.67. The van der Waals surface area contributed by atoms with Crippen LogP contribution in [0.5, 0.6) is 0 Å². The number of hydrogen-bond donors (Lipinski definition) is 3. The van der Waals surface area contributed by atoms with Crippen molar-refractivity contribution in [2.45, 2.75) is 83.3 Å². The van der Waals surface area contributed by atoms with Crippen LogP contribution in [0.3, 0.4) is 0 Å². The fourth-order valence-electron chi connectivity index (χ4n) is 7.71. The third-order valence-corrected chi connectivity index (χ3v) is 9.45. The molecule has 0 aromatic heterocycles. The molecule has 0 bridgehead atoms. The number of Topliss-reactive ketones (excluding diaryl/α,β-unsaturated/α-hetero) is 1. The van der Waals surface area contributed by atoms with Gasteiger partial charge in [-0.2, -0.15) is 0 Å². The summed E-state index contributed by atoms with van der Waals surface area (Å²) in [6, 6.07) is 0. The van der Waals surface area contributed by atoms with Crippen LogP contribution in [0.1, 0.15) is 71.6 Å². The van der Waals surface area contributed by atoms with E-state index < -0.39 is 41.4 Å². The van der Waals surface area contributed by atoms with Crippen LogP contribution in [0.2, 0.25) is 0 Å². The Balaban J connectivity index is 1.53.